The summed E-state index contributed by atoms with van der Waals surface area (Å²) in [6, 6.07) is 3.79. The molecular formula is C13H20BrClN2O2S. The number of thiophene rings is 1. The number of hydrogen-bond donors (Lipinski definition) is 1. The van der Waals surface area contributed by atoms with Gasteiger partial charge in [-0.1, -0.05) is 0 Å². The molecule has 7 heteroatoms. The SMILES string of the molecule is Cl.NCCCOC1CCN(C(=O)c2ccc(Br)s2)CC1. The molecule has 2 rings (SSSR count). The maximum Gasteiger partial charge on any atom is 0.263 e. The highest BCUT2D eigenvalue weighted by Gasteiger charge is 2.24. The van der Waals surface area contributed by atoms with Gasteiger partial charge in [0.25, 0.3) is 5.91 Å². The number of amides is 1. The minimum absolute atomic E-state index is 0. The predicted molar refractivity (Wildman–Crippen MR) is 87.8 cm³/mol. The average Bonchev–Trinajstić information content (AvgIpc) is 2.86. The molecule has 2 heterocycles. The maximum absolute atomic E-state index is 12.2. The van der Waals surface area contributed by atoms with E-state index in [-0.39, 0.29) is 24.4 Å². The number of likely N-dealkylation sites (tertiary alicyclic amines) is 1. The highest BCUT2D eigenvalue weighted by atomic mass is 79.9. The first-order chi connectivity index (χ1) is 9.20. The Hall–Kier alpha value is -0.140. The number of rotatable bonds is 5. The van der Waals surface area contributed by atoms with Crippen LogP contribution < -0.4 is 5.73 Å². The lowest BCUT2D eigenvalue weighted by atomic mass is 10.1. The van der Waals surface area contributed by atoms with E-state index in [9.17, 15) is 4.79 Å². The normalized spacial score (nSPS) is 16.0. The fourth-order valence-corrected chi connectivity index (χ4v) is 3.50. The number of piperidine rings is 1. The first-order valence-corrected chi connectivity index (χ1v) is 8.18. The van der Waals surface area contributed by atoms with Crippen LogP contribution in [0.2, 0.25) is 0 Å². The van der Waals surface area contributed by atoms with Crippen LogP contribution in [0.4, 0.5) is 0 Å². The highest BCUT2D eigenvalue weighted by Crippen LogP contribution is 2.24. The van der Waals surface area contributed by atoms with Crippen molar-refractivity contribution in [2.45, 2.75) is 25.4 Å². The minimum atomic E-state index is 0. The van der Waals surface area contributed by atoms with Gasteiger partial charge in [0.1, 0.15) is 0 Å². The molecule has 0 atom stereocenters. The monoisotopic (exact) mass is 382 g/mol. The van der Waals surface area contributed by atoms with Crippen LogP contribution in [0, 0.1) is 0 Å². The van der Waals surface area contributed by atoms with Crippen molar-refractivity contribution in [3.63, 3.8) is 0 Å². The van der Waals surface area contributed by atoms with Gasteiger partial charge in [0.05, 0.1) is 14.8 Å². The molecule has 1 saturated heterocycles. The molecule has 0 radical (unpaired) electrons. The molecule has 0 saturated carbocycles. The lowest BCUT2D eigenvalue weighted by molar-refractivity contribution is 0.00858. The Morgan fingerprint density at radius 3 is 2.70 bits per heavy atom. The largest absolute Gasteiger partial charge is 0.378 e. The van der Waals surface area contributed by atoms with E-state index in [2.05, 4.69) is 15.9 Å². The number of carbonyl (C=O) groups excluding carboxylic acids is 1. The summed E-state index contributed by atoms with van der Waals surface area (Å²) in [7, 11) is 0. The summed E-state index contributed by atoms with van der Waals surface area (Å²) in [4.78, 5) is 15.0. The molecular weight excluding hydrogens is 364 g/mol. The van der Waals surface area contributed by atoms with E-state index in [0.29, 0.717) is 6.54 Å². The van der Waals surface area contributed by atoms with Crippen molar-refractivity contribution in [2.75, 3.05) is 26.2 Å². The first kappa shape index (κ1) is 17.9. The van der Waals surface area contributed by atoms with Gasteiger partial charge in [-0.05, 0) is 53.9 Å². The van der Waals surface area contributed by atoms with Crippen molar-refractivity contribution in [1.82, 2.24) is 4.90 Å². The van der Waals surface area contributed by atoms with Crippen LogP contribution >= 0.6 is 39.7 Å². The summed E-state index contributed by atoms with van der Waals surface area (Å²) in [5.74, 6) is 0.135. The second kappa shape index (κ2) is 9.00. The minimum Gasteiger partial charge on any atom is -0.378 e. The lowest BCUT2D eigenvalue weighted by Crippen LogP contribution is -2.40. The Labute approximate surface area is 138 Å². The van der Waals surface area contributed by atoms with Gasteiger partial charge in [0.15, 0.2) is 0 Å². The van der Waals surface area contributed by atoms with Gasteiger partial charge in [0, 0.05) is 19.7 Å². The molecule has 0 aliphatic carbocycles. The Balaban J connectivity index is 0.00000200. The van der Waals surface area contributed by atoms with Crippen LogP contribution in [0.3, 0.4) is 0 Å². The molecule has 1 amide bonds. The predicted octanol–water partition coefficient (Wildman–Crippen LogP) is 2.90. The third kappa shape index (κ3) is 5.00. The van der Waals surface area contributed by atoms with E-state index in [0.717, 1.165) is 47.6 Å². The zero-order valence-electron chi connectivity index (χ0n) is 11.2. The number of hydrogen-bond acceptors (Lipinski definition) is 4. The molecule has 1 aromatic rings. The third-order valence-corrected chi connectivity index (χ3v) is 4.83. The molecule has 1 aliphatic heterocycles. The zero-order chi connectivity index (χ0) is 13.7. The summed E-state index contributed by atoms with van der Waals surface area (Å²) in [5, 5.41) is 0. The fourth-order valence-electron chi connectivity index (χ4n) is 2.14. The molecule has 0 aromatic carbocycles. The molecule has 0 bridgehead atoms. The number of halogens is 2. The lowest BCUT2D eigenvalue weighted by Gasteiger charge is -2.31. The van der Waals surface area contributed by atoms with Crippen molar-refractivity contribution in [3.8, 4) is 0 Å². The standard InChI is InChI=1S/C13H19BrN2O2S.ClH/c14-12-3-2-11(19-12)13(17)16-7-4-10(5-8-16)18-9-1-6-15;/h2-3,10H,1,4-9,15H2;1H. The number of nitrogens with two attached hydrogens (primary N) is 1. The Morgan fingerprint density at radius 2 is 2.15 bits per heavy atom. The zero-order valence-corrected chi connectivity index (χ0v) is 14.4. The number of nitrogens with zero attached hydrogens (tertiary/aromatic N) is 1. The summed E-state index contributed by atoms with van der Waals surface area (Å²) in [6.07, 6.45) is 3.03. The van der Waals surface area contributed by atoms with Crippen molar-refractivity contribution >= 4 is 45.6 Å². The fraction of sp³-hybridized carbons (Fsp3) is 0.615. The number of ether oxygens (including phenoxy) is 1. The van der Waals surface area contributed by atoms with E-state index in [4.69, 9.17) is 10.5 Å². The summed E-state index contributed by atoms with van der Waals surface area (Å²) in [5.41, 5.74) is 5.44. The van der Waals surface area contributed by atoms with Crippen molar-refractivity contribution in [2.24, 2.45) is 5.73 Å². The van der Waals surface area contributed by atoms with Crippen molar-refractivity contribution in [1.29, 1.82) is 0 Å². The van der Waals surface area contributed by atoms with Crippen LogP contribution in [-0.4, -0.2) is 43.2 Å². The van der Waals surface area contributed by atoms with Gasteiger partial charge in [0.2, 0.25) is 0 Å². The van der Waals surface area contributed by atoms with Crippen molar-refractivity contribution < 1.29 is 9.53 Å². The second-order valence-corrected chi connectivity index (χ2v) is 7.07. The van der Waals surface area contributed by atoms with Gasteiger partial charge in [-0.15, -0.1) is 23.7 Å². The average molecular weight is 384 g/mol. The summed E-state index contributed by atoms with van der Waals surface area (Å²) >= 11 is 4.87. The molecule has 4 nitrogen and oxygen atoms in total. The Bertz CT molecular complexity index is 422. The molecule has 0 unspecified atom stereocenters. The molecule has 1 fully saturated rings. The molecule has 1 aliphatic rings. The second-order valence-electron chi connectivity index (χ2n) is 4.61. The van der Waals surface area contributed by atoms with Gasteiger partial charge in [-0.25, -0.2) is 0 Å². The van der Waals surface area contributed by atoms with Gasteiger partial charge in [-0.3, -0.25) is 4.79 Å². The van der Waals surface area contributed by atoms with E-state index in [1.54, 1.807) is 0 Å². The molecule has 0 spiro atoms. The van der Waals surface area contributed by atoms with Crippen LogP contribution in [0.25, 0.3) is 0 Å². The van der Waals surface area contributed by atoms with Crippen LogP contribution in [0.1, 0.15) is 28.9 Å². The molecule has 114 valence electrons. The van der Waals surface area contributed by atoms with E-state index in [1.165, 1.54) is 11.3 Å². The van der Waals surface area contributed by atoms with E-state index in [1.807, 2.05) is 17.0 Å². The van der Waals surface area contributed by atoms with E-state index < -0.39 is 0 Å². The molecule has 20 heavy (non-hydrogen) atoms. The Morgan fingerprint density at radius 1 is 1.45 bits per heavy atom. The molecule has 2 N–H and O–H groups in total. The smallest absolute Gasteiger partial charge is 0.263 e. The number of carbonyl (C=O) groups is 1. The van der Waals surface area contributed by atoms with Crippen LogP contribution in [-0.2, 0) is 4.74 Å². The molecule has 1 aromatic heterocycles. The quantitative estimate of drug-likeness (QED) is 0.795. The van der Waals surface area contributed by atoms with Gasteiger partial charge >= 0.3 is 0 Å². The van der Waals surface area contributed by atoms with Crippen molar-refractivity contribution in [3.05, 3.63) is 20.8 Å². The van der Waals surface area contributed by atoms with Crippen LogP contribution in [0.15, 0.2) is 15.9 Å². The summed E-state index contributed by atoms with van der Waals surface area (Å²) < 4.78 is 6.73. The third-order valence-electron chi connectivity index (χ3n) is 3.22. The van der Waals surface area contributed by atoms with Gasteiger partial charge in [-0.2, -0.15) is 0 Å². The Kier molecular flexibility index (Phi) is 8.06. The topological polar surface area (TPSA) is 55.6 Å². The van der Waals surface area contributed by atoms with Gasteiger partial charge < -0.3 is 15.4 Å². The first-order valence-electron chi connectivity index (χ1n) is 6.57. The highest BCUT2D eigenvalue weighted by molar-refractivity contribution is 9.11. The maximum atomic E-state index is 12.2. The van der Waals surface area contributed by atoms with Crippen LogP contribution in [0.5, 0.6) is 0 Å². The van der Waals surface area contributed by atoms with E-state index >= 15 is 0 Å². The summed E-state index contributed by atoms with van der Waals surface area (Å²) in [6.45, 7) is 2.96.